The molecule has 0 radical (unpaired) electrons. The molecule has 3 rings (SSSR count). The van der Waals surface area contributed by atoms with Gasteiger partial charge in [0.15, 0.2) is 0 Å². The smallest absolute Gasteiger partial charge is 0.246 e. The number of para-hydroxylation sites is 1. The van der Waals surface area contributed by atoms with E-state index in [2.05, 4.69) is 5.10 Å². The standard InChI is InChI=1S/C22H23N3O2/c1-3-24(16-18-9-12-21(27-2)13-10-18)22(26)14-11-19-15-23-25(17-19)20-7-5-4-6-8-20/h4-15,17H,3,16H2,1-2H3/b14-11+. The number of carbonyl (C=O) groups is 1. The van der Waals surface area contributed by atoms with Crippen LogP contribution in [-0.2, 0) is 11.3 Å². The molecule has 0 aliphatic carbocycles. The van der Waals surface area contributed by atoms with Gasteiger partial charge in [-0.15, -0.1) is 0 Å². The van der Waals surface area contributed by atoms with Crippen LogP contribution in [0.25, 0.3) is 11.8 Å². The molecule has 0 saturated carbocycles. The molecule has 0 unspecified atom stereocenters. The molecule has 0 saturated heterocycles. The van der Waals surface area contributed by atoms with Gasteiger partial charge >= 0.3 is 0 Å². The fourth-order valence-corrected chi connectivity index (χ4v) is 2.71. The van der Waals surface area contributed by atoms with Gasteiger partial charge in [0.05, 0.1) is 19.0 Å². The number of hydrogen-bond acceptors (Lipinski definition) is 3. The van der Waals surface area contributed by atoms with Gasteiger partial charge in [0.2, 0.25) is 5.91 Å². The highest BCUT2D eigenvalue weighted by Crippen LogP contribution is 2.14. The molecule has 138 valence electrons. The van der Waals surface area contributed by atoms with Crippen molar-refractivity contribution in [3.05, 3.63) is 84.2 Å². The maximum atomic E-state index is 12.5. The third kappa shape index (κ3) is 4.85. The number of benzene rings is 2. The molecule has 0 N–H and O–H groups in total. The minimum Gasteiger partial charge on any atom is -0.497 e. The van der Waals surface area contributed by atoms with Crippen molar-refractivity contribution >= 4 is 12.0 Å². The number of likely N-dealkylation sites (N-methyl/N-ethyl adjacent to an activating group) is 1. The molecule has 2 aromatic carbocycles. The van der Waals surface area contributed by atoms with E-state index in [1.165, 1.54) is 0 Å². The SMILES string of the molecule is CCN(Cc1ccc(OC)cc1)C(=O)/C=C/c1cnn(-c2ccccc2)c1. The summed E-state index contributed by atoms with van der Waals surface area (Å²) in [6, 6.07) is 17.6. The summed E-state index contributed by atoms with van der Waals surface area (Å²) in [5.41, 5.74) is 2.93. The van der Waals surface area contributed by atoms with Gasteiger partial charge in [0.1, 0.15) is 5.75 Å². The number of nitrogens with zero attached hydrogens (tertiary/aromatic N) is 3. The molecule has 0 atom stereocenters. The summed E-state index contributed by atoms with van der Waals surface area (Å²) < 4.78 is 6.96. The zero-order valence-electron chi connectivity index (χ0n) is 15.6. The van der Waals surface area contributed by atoms with Gasteiger partial charge in [-0.05, 0) is 42.8 Å². The monoisotopic (exact) mass is 361 g/mol. The van der Waals surface area contributed by atoms with Gasteiger partial charge < -0.3 is 9.64 Å². The van der Waals surface area contributed by atoms with Crippen molar-refractivity contribution in [1.29, 1.82) is 0 Å². The summed E-state index contributed by atoms with van der Waals surface area (Å²) in [6.45, 7) is 3.17. The van der Waals surface area contributed by atoms with Crippen molar-refractivity contribution in [2.24, 2.45) is 0 Å². The summed E-state index contributed by atoms with van der Waals surface area (Å²) in [5.74, 6) is 0.782. The van der Waals surface area contributed by atoms with Crippen molar-refractivity contribution < 1.29 is 9.53 Å². The summed E-state index contributed by atoms with van der Waals surface area (Å²) in [4.78, 5) is 14.3. The second-order valence-corrected chi connectivity index (χ2v) is 6.09. The van der Waals surface area contributed by atoms with Gasteiger partial charge in [-0.25, -0.2) is 4.68 Å². The highest BCUT2D eigenvalue weighted by molar-refractivity contribution is 5.91. The first kappa shape index (κ1) is 18.5. The van der Waals surface area contributed by atoms with E-state index < -0.39 is 0 Å². The lowest BCUT2D eigenvalue weighted by atomic mass is 10.2. The normalized spacial score (nSPS) is 10.9. The predicted molar refractivity (Wildman–Crippen MR) is 107 cm³/mol. The Hall–Kier alpha value is -3.34. The summed E-state index contributed by atoms with van der Waals surface area (Å²) in [5, 5.41) is 4.34. The Morgan fingerprint density at radius 1 is 1.15 bits per heavy atom. The number of ether oxygens (including phenoxy) is 1. The maximum Gasteiger partial charge on any atom is 0.246 e. The molecule has 0 aliphatic heterocycles. The van der Waals surface area contributed by atoms with Gasteiger partial charge in [-0.3, -0.25) is 4.79 Å². The minimum atomic E-state index is -0.0271. The molecule has 3 aromatic rings. The molecule has 5 nitrogen and oxygen atoms in total. The van der Waals surface area contributed by atoms with Crippen LogP contribution < -0.4 is 4.74 Å². The van der Waals surface area contributed by atoms with Crippen LogP contribution in [-0.4, -0.2) is 34.2 Å². The average molecular weight is 361 g/mol. The Kier molecular flexibility index (Phi) is 6.05. The highest BCUT2D eigenvalue weighted by Gasteiger charge is 2.09. The number of carbonyl (C=O) groups excluding carboxylic acids is 1. The fraction of sp³-hybridized carbons (Fsp3) is 0.182. The van der Waals surface area contributed by atoms with Crippen LogP contribution in [0.3, 0.4) is 0 Å². The molecule has 0 spiro atoms. The van der Waals surface area contributed by atoms with Crippen molar-refractivity contribution in [2.75, 3.05) is 13.7 Å². The van der Waals surface area contributed by atoms with Crippen LogP contribution in [0.5, 0.6) is 5.75 Å². The molecular formula is C22H23N3O2. The molecule has 1 amide bonds. The van der Waals surface area contributed by atoms with Crippen LogP contribution in [0.15, 0.2) is 73.1 Å². The molecule has 1 aromatic heterocycles. The maximum absolute atomic E-state index is 12.5. The minimum absolute atomic E-state index is 0.0271. The molecule has 0 fully saturated rings. The van der Waals surface area contributed by atoms with Crippen molar-refractivity contribution in [3.8, 4) is 11.4 Å². The van der Waals surface area contributed by atoms with E-state index >= 15 is 0 Å². The first-order valence-electron chi connectivity index (χ1n) is 8.89. The third-order valence-corrected chi connectivity index (χ3v) is 4.27. The third-order valence-electron chi connectivity index (χ3n) is 4.27. The highest BCUT2D eigenvalue weighted by atomic mass is 16.5. The van der Waals surface area contributed by atoms with Crippen LogP contribution in [0.2, 0.25) is 0 Å². The van der Waals surface area contributed by atoms with E-state index in [0.29, 0.717) is 13.1 Å². The number of hydrogen-bond donors (Lipinski definition) is 0. The topological polar surface area (TPSA) is 47.4 Å². The number of methoxy groups -OCH3 is 1. The molecule has 1 heterocycles. The van der Waals surface area contributed by atoms with Crippen LogP contribution in [0, 0.1) is 0 Å². The lowest BCUT2D eigenvalue weighted by Crippen LogP contribution is -2.28. The van der Waals surface area contributed by atoms with Crippen molar-refractivity contribution in [1.82, 2.24) is 14.7 Å². The Morgan fingerprint density at radius 3 is 2.56 bits per heavy atom. The summed E-state index contributed by atoms with van der Waals surface area (Å²) in [7, 11) is 1.64. The van der Waals surface area contributed by atoms with Gasteiger partial charge in [0, 0.05) is 30.9 Å². The first-order chi connectivity index (χ1) is 13.2. The zero-order valence-corrected chi connectivity index (χ0v) is 15.6. The first-order valence-corrected chi connectivity index (χ1v) is 8.89. The van der Waals surface area contributed by atoms with E-state index in [-0.39, 0.29) is 5.91 Å². The second kappa shape index (κ2) is 8.85. The van der Waals surface area contributed by atoms with E-state index in [9.17, 15) is 4.79 Å². The Bertz CT molecular complexity index is 899. The molecular weight excluding hydrogens is 338 g/mol. The Labute approximate surface area is 159 Å². The van der Waals surface area contributed by atoms with E-state index in [1.807, 2.05) is 67.7 Å². The van der Waals surface area contributed by atoms with Gasteiger partial charge in [0.25, 0.3) is 0 Å². The van der Waals surface area contributed by atoms with Crippen LogP contribution >= 0.6 is 0 Å². The summed E-state index contributed by atoms with van der Waals surface area (Å²) in [6.07, 6.45) is 7.04. The molecule has 0 bridgehead atoms. The Balaban J connectivity index is 1.64. The number of aromatic nitrogens is 2. The molecule has 27 heavy (non-hydrogen) atoms. The molecule has 0 aliphatic rings. The van der Waals surface area contributed by atoms with Crippen molar-refractivity contribution in [3.63, 3.8) is 0 Å². The van der Waals surface area contributed by atoms with Crippen LogP contribution in [0.4, 0.5) is 0 Å². The molecule has 5 heteroatoms. The van der Waals surface area contributed by atoms with E-state index in [1.54, 1.807) is 35.0 Å². The lowest BCUT2D eigenvalue weighted by molar-refractivity contribution is -0.126. The fourth-order valence-electron chi connectivity index (χ4n) is 2.71. The summed E-state index contributed by atoms with van der Waals surface area (Å²) >= 11 is 0. The van der Waals surface area contributed by atoms with Gasteiger partial charge in [-0.2, -0.15) is 5.10 Å². The predicted octanol–water partition coefficient (Wildman–Crippen LogP) is 3.94. The van der Waals surface area contributed by atoms with Crippen LogP contribution in [0.1, 0.15) is 18.1 Å². The number of amides is 1. The lowest BCUT2D eigenvalue weighted by Gasteiger charge is -2.19. The second-order valence-electron chi connectivity index (χ2n) is 6.09. The van der Waals surface area contributed by atoms with Crippen molar-refractivity contribution in [2.45, 2.75) is 13.5 Å². The largest absolute Gasteiger partial charge is 0.497 e. The Morgan fingerprint density at radius 2 is 1.89 bits per heavy atom. The quantitative estimate of drug-likeness (QED) is 0.599. The zero-order chi connectivity index (χ0) is 19.1. The van der Waals surface area contributed by atoms with Gasteiger partial charge in [-0.1, -0.05) is 30.3 Å². The average Bonchev–Trinajstić information content (AvgIpc) is 3.20. The number of rotatable bonds is 7. The van der Waals surface area contributed by atoms with E-state index in [4.69, 9.17) is 4.74 Å². The van der Waals surface area contributed by atoms with E-state index in [0.717, 1.165) is 22.6 Å².